The van der Waals surface area contributed by atoms with Crippen LogP contribution in [0.4, 0.5) is 0 Å². The smallest absolute Gasteiger partial charge is 0.343 e. The zero-order chi connectivity index (χ0) is 23.1. The Kier molecular flexibility index (Phi) is 8.81. The molecule has 0 aromatic heterocycles. The van der Waals surface area contributed by atoms with E-state index >= 15 is 0 Å². The van der Waals surface area contributed by atoms with Crippen molar-refractivity contribution >= 4 is 17.7 Å². The van der Waals surface area contributed by atoms with Gasteiger partial charge in [-0.05, 0) is 48.2 Å². The standard InChI is InChI=1S/C24H30O7S/c1-3-30-18-7-4-15(5-8-18)10-17-11-16(6-9-20(17)31-14-23(27)29-2)21-12-19(26)24(28)22(13-25)32-21/h4-9,11,19,21-22,24-26,28H,3,10,12-14H2,1-2H3/t19-,21-,22-,24+/m1/s1. The molecule has 8 heteroatoms. The molecule has 1 heterocycles. The van der Waals surface area contributed by atoms with Crippen molar-refractivity contribution < 1.29 is 34.3 Å². The molecule has 174 valence electrons. The second-order valence-corrected chi connectivity index (χ2v) is 9.07. The molecule has 1 saturated heterocycles. The van der Waals surface area contributed by atoms with Gasteiger partial charge in [-0.1, -0.05) is 24.3 Å². The van der Waals surface area contributed by atoms with E-state index in [2.05, 4.69) is 4.74 Å². The number of carbonyl (C=O) groups is 1. The van der Waals surface area contributed by atoms with Gasteiger partial charge in [-0.2, -0.15) is 0 Å². The quantitative estimate of drug-likeness (QED) is 0.488. The minimum absolute atomic E-state index is 0.0840. The summed E-state index contributed by atoms with van der Waals surface area (Å²) in [5.41, 5.74) is 2.90. The van der Waals surface area contributed by atoms with Crippen LogP contribution >= 0.6 is 11.8 Å². The maximum absolute atomic E-state index is 11.6. The third-order valence-electron chi connectivity index (χ3n) is 5.41. The Hall–Kier alpha value is -2.26. The number of methoxy groups -OCH3 is 1. The van der Waals surface area contributed by atoms with Crippen molar-refractivity contribution in [3.63, 3.8) is 0 Å². The molecule has 3 rings (SSSR count). The van der Waals surface area contributed by atoms with Crippen LogP contribution in [0.25, 0.3) is 0 Å². The third kappa shape index (κ3) is 6.16. The molecular weight excluding hydrogens is 432 g/mol. The lowest BCUT2D eigenvalue weighted by Gasteiger charge is -2.36. The van der Waals surface area contributed by atoms with Gasteiger partial charge in [0.1, 0.15) is 11.5 Å². The SMILES string of the molecule is CCOc1ccc(Cc2cc([C@H]3C[C@@H](O)[C@H](O)[C@@H](CO)S3)ccc2OCC(=O)OC)cc1. The lowest BCUT2D eigenvalue weighted by Crippen LogP contribution is -2.42. The van der Waals surface area contributed by atoms with Gasteiger partial charge >= 0.3 is 5.97 Å². The van der Waals surface area contributed by atoms with Crippen LogP contribution < -0.4 is 9.47 Å². The molecular formula is C24H30O7S. The molecule has 3 N–H and O–H groups in total. The van der Waals surface area contributed by atoms with Crippen molar-refractivity contribution in [2.45, 2.75) is 42.5 Å². The van der Waals surface area contributed by atoms with Crippen LogP contribution in [0, 0.1) is 0 Å². The Morgan fingerprint density at radius 1 is 1.12 bits per heavy atom. The number of carbonyl (C=O) groups excluding carboxylic acids is 1. The van der Waals surface area contributed by atoms with Crippen LogP contribution in [0.5, 0.6) is 11.5 Å². The summed E-state index contributed by atoms with van der Waals surface area (Å²) in [5, 5.41) is 29.4. The van der Waals surface area contributed by atoms with Crippen molar-refractivity contribution in [3.05, 3.63) is 59.2 Å². The highest BCUT2D eigenvalue weighted by Gasteiger charge is 2.36. The van der Waals surface area contributed by atoms with Crippen LogP contribution in [0.15, 0.2) is 42.5 Å². The average molecular weight is 463 g/mol. The number of hydrogen-bond acceptors (Lipinski definition) is 8. The van der Waals surface area contributed by atoms with E-state index in [4.69, 9.17) is 9.47 Å². The highest BCUT2D eigenvalue weighted by atomic mass is 32.2. The molecule has 0 saturated carbocycles. The molecule has 0 bridgehead atoms. The van der Waals surface area contributed by atoms with Gasteiger partial charge in [-0.3, -0.25) is 0 Å². The molecule has 7 nitrogen and oxygen atoms in total. The Morgan fingerprint density at radius 3 is 2.53 bits per heavy atom. The van der Waals surface area contributed by atoms with Crippen LogP contribution in [0.2, 0.25) is 0 Å². The number of hydrogen-bond donors (Lipinski definition) is 3. The van der Waals surface area contributed by atoms with Crippen LogP contribution in [-0.4, -0.2) is 65.7 Å². The topological polar surface area (TPSA) is 105 Å². The van der Waals surface area contributed by atoms with Gasteiger partial charge in [0.15, 0.2) is 6.61 Å². The number of ether oxygens (including phenoxy) is 3. The number of esters is 1. The van der Waals surface area contributed by atoms with E-state index in [0.29, 0.717) is 25.2 Å². The van der Waals surface area contributed by atoms with Crippen molar-refractivity contribution in [2.24, 2.45) is 0 Å². The van der Waals surface area contributed by atoms with E-state index in [1.807, 2.05) is 49.4 Å². The van der Waals surface area contributed by atoms with E-state index in [0.717, 1.165) is 22.4 Å². The molecule has 0 radical (unpaired) electrons. The Balaban J connectivity index is 1.86. The van der Waals surface area contributed by atoms with E-state index in [9.17, 15) is 20.1 Å². The van der Waals surface area contributed by atoms with E-state index in [-0.39, 0.29) is 18.5 Å². The molecule has 0 unspecified atom stereocenters. The van der Waals surface area contributed by atoms with E-state index < -0.39 is 23.4 Å². The Morgan fingerprint density at radius 2 is 1.88 bits per heavy atom. The van der Waals surface area contributed by atoms with Gasteiger partial charge in [0, 0.05) is 11.7 Å². The summed E-state index contributed by atoms with van der Waals surface area (Å²) in [6.45, 7) is 2.13. The molecule has 1 aliphatic heterocycles. The summed E-state index contributed by atoms with van der Waals surface area (Å²) in [4.78, 5) is 11.6. The number of thioether (sulfide) groups is 1. The van der Waals surface area contributed by atoms with Gasteiger partial charge in [-0.15, -0.1) is 11.8 Å². The number of benzene rings is 2. The molecule has 0 amide bonds. The van der Waals surface area contributed by atoms with Gasteiger partial charge in [0.2, 0.25) is 0 Å². The Bertz CT molecular complexity index is 886. The maximum Gasteiger partial charge on any atom is 0.343 e. The fourth-order valence-electron chi connectivity index (χ4n) is 3.68. The summed E-state index contributed by atoms with van der Waals surface area (Å²) in [5.74, 6) is 0.910. The van der Waals surface area contributed by atoms with Gasteiger partial charge < -0.3 is 29.5 Å². The van der Waals surface area contributed by atoms with Crippen LogP contribution in [0.1, 0.15) is 35.3 Å². The van der Waals surface area contributed by atoms with Crippen molar-refractivity contribution in [2.75, 3.05) is 26.9 Å². The van der Waals surface area contributed by atoms with Gasteiger partial charge in [0.25, 0.3) is 0 Å². The number of aliphatic hydroxyl groups is 3. The zero-order valence-corrected chi connectivity index (χ0v) is 19.1. The molecule has 1 aliphatic rings. The first-order chi connectivity index (χ1) is 15.4. The first-order valence-electron chi connectivity index (χ1n) is 10.6. The highest BCUT2D eigenvalue weighted by Crippen LogP contribution is 2.43. The first-order valence-corrected chi connectivity index (χ1v) is 11.6. The van der Waals surface area contributed by atoms with Crippen molar-refractivity contribution in [1.29, 1.82) is 0 Å². The van der Waals surface area contributed by atoms with E-state index in [1.54, 1.807) is 0 Å². The maximum atomic E-state index is 11.6. The normalized spacial score (nSPS) is 22.9. The summed E-state index contributed by atoms with van der Waals surface area (Å²) in [7, 11) is 1.31. The van der Waals surface area contributed by atoms with Crippen molar-refractivity contribution in [3.8, 4) is 11.5 Å². The molecule has 4 atom stereocenters. The lowest BCUT2D eigenvalue weighted by molar-refractivity contribution is -0.142. The lowest BCUT2D eigenvalue weighted by atomic mass is 9.96. The molecule has 0 spiro atoms. The molecule has 0 aliphatic carbocycles. The molecule has 32 heavy (non-hydrogen) atoms. The summed E-state index contributed by atoms with van der Waals surface area (Å²) in [6, 6.07) is 13.5. The first kappa shape index (κ1) is 24.4. The number of rotatable bonds is 9. The van der Waals surface area contributed by atoms with E-state index in [1.165, 1.54) is 18.9 Å². The Labute approximate surface area is 192 Å². The van der Waals surface area contributed by atoms with Crippen LogP contribution in [-0.2, 0) is 16.0 Å². The zero-order valence-electron chi connectivity index (χ0n) is 18.3. The van der Waals surface area contributed by atoms with Gasteiger partial charge in [-0.25, -0.2) is 4.79 Å². The fourth-order valence-corrected chi connectivity index (χ4v) is 5.15. The summed E-state index contributed by atoms with van der Waals surface area (Å²) in [6.07, 6.45) is -0.897. The van der Waals surface area contributed by atoms with Crippen molar-refractivity contribution in [1.82, 2.24) is 0 Å². The average Bonchev–Trinajstić information content (AvgIpc) is 2.81. The summed E-state index contributed by atoms with van der Waals surface area (Å²) >= 11 is 1.46. The second-order valence-electron chi connectivity index (χ2n) is 7.63. The number of aliphatic hydroxyl groups excluding tert-OH is 3. The summed E-state index contributed by atoms with van der Waals surface area (Å²) < 4.78 is 15.9. The van der Waals surface area contributed by atoms with Gasteiger partial charge in [0.05, 0.1) is 37.8 Å². The molecule has 1 fully saturated rings. The van der Waals surface area contributed by atoms with Crippen LogP contribution in [0.3, 0.4) is 0 Å². The fraction of sp³-hybridized carbons (Fsp3) is 0.458. The molecule has 2 aromatic rings. The monoisotopic (exact) mass is 462 g/mol. The minimum atomic E-state index is -0.952. The highest BCUT2D eigenvalue weighted by molar-refractivity contribution is 8.00. The second kappa shape index (κ2) is 11.6. The largest absolute Gasteiger partial charge is 0.494 e. The predicted molar refractivity (Wildman–Crippen MR) is 122 cm³/mol. The predicted octanol–water partition coefficient (Wildman–Crippen LogP) is 2.49. The third-order valence-corrected chi connectivity index (χ3v) is 6.98. The molecule has 2 aromatic carbocycles. The minimum Gasteiger partial charge on any atom is -0.494 e.